The first-order chi connectivity index (χ1) is 12.1. The quantitative estimate of drug-likeness (QED) is 0.401. The highest BCUT2D eigenvalue weighted by Crippen LogP contribution is 2.29. The van der Waals surface area contributed by atoms with Crippen molar-refractivity contribution in [1.82, 2.24) is 14.7 Å². The standard InChI is InChI=1S/C18H20N6O/c1-13-15-7-4-3-6-14(15)8-11-23(13)18(25)16(19)12-17(22-20-2)24-10-5-9-21-24/h3-7,9-10,12-13H,2,8,11,19H2,1H3/t13-/m1/s1. The van der Waals surface area contributed by atoms with E-state index in [0.29, 0.717) is 12.4 Å². The third-order valence-electron chi connectivity index (χ3n) is 4.30. The number of amides is 1. The molecule has 25 heavy (non-hydrogen) atoms. The molecule has 1 atom stereocenters. The molecule has 128 valence electrons. The van der Waals surface area contributed by atoms with Gasteiger partial charge in [0, 0.05) is 31.7 Å². The Morgan fingerprint density at radius 1 is 1.40 bits per heavy atom. The first-order valence-electron chi connectivity index (χ1n) is 8.01. The molecule has 0 saturated heterocycles. The van der Waals surface area contributed by atoms with E-state index in [2.05, 4.69) is 34.2 Å². The van der Waals surface area contributed by atoms with Crippen LogP contribution in [0.5, 0.6) is 0 Å². The van der Waals surface area contributed by atoms with Crippen molar-refractivity contribution in [3.05, 3.63) is 65.6 Å². The number of carbonyl (C=O) groups excluding carboxylic acids is 1. The van der Waals surface area contributed by atoms with Crippen molar-refractivity contribution in [1.29, 1.82) is 0 Å². The Morgan fingerprint density at radius 3 is 2.92 bits per heavy atom. The van der Waals surface area contributed by atoms with Crippen LogP contribution in [0.4, 0.5) is 0 Å². The number of carbonyl (C=O) groups is 1. The van der Waals surface area contributed by atoms with E-state index in [9.17, 15) is 4.79 Å². The summed E-state index contributed by atoms with van der Waals surface area (Å²) >= 11 is 0. The van der Waals surface area contributed by atoms with Gasteiger partial charge in [0.2, 0.25) is 0 Å². The summed E-state index contributed by atoms with van der Waals surface area (Å²) < 4.78 is 1.48. The Kier molecular flexibility index (Phi) is 4.74. The molecule has 2 N–H and O–H groups in total. The second-order valence-electron chi connectivity index (χ2n) is 5.77. The number of aromatic nitrogens is 2. The number of benzene rings is 1. The largest absolute Gasteiger partial charge is 0.394 e. The zero-order valence-electron chi connectivity index (χ0n) is 14.0. The predicted octanol–water partition coefficient (Wildman–Crippen LogP) is 1.73. The first-order valence-corrected chi connectivity index (χ1v) is 8.01. The summed E-state index contributed by atoms with van der Waals surface area (Å²) in [5.41, 5.74) is 8.57. The van der Waals surface area contributed by atoms with Gasteiger partial charge in [-0.2, -0.15) is 10.2 Å². The maximum atomic E-state index is 12.8. The Balaban J connectivity index is 1.85. The number of hydrogen-bond donors (Lipinski definition) is 1. The van der Waals surface area contributed by atoms with Gasteiger partial charge in [0.05, 0.1) is 6.04 Å². The van der Waals surface area contributed by atoms with Crippen LogP contribution in [0.1, 0.15) is 24.1 Å². The van der Waals surface area contributed by atoms with E-state index in [1.165, 1.54) is 16.3 Å². The lowest BCUT2D eigenvalue weighted by molar-refractivity contribution is -0.129. The second-order valence-corrected chi connectivity index (χ2v) is 5.77. The van der Waals surface area contributed by atoms with Crippen molar-refractivity contribution in [2.45, 2.75) is 19.4 Å². The maximum Gasteiger partial charge on any atom is 0.270 e. The fraction of sp³-hybridized carbons (Fsp3) is 0.222. The molecule has 0 spiro atoms. The molecule has 1 amide bonds. The number of nitrogens with two attached hydrogens (primary N) is 1. The molecular weight excluding hydrogens is 316 g/mol. The van der Waals surface area contributed by atoms with Crippen LogP contribution in [0.15, 0.2) is 64.7 Å². The van der Waals surface area contributed by atoms with Crippen LogP contribution in [0.2, 0.25) is 0 Å². The highest BCUT2D eigenvalue weighted by molar-refractivity contribution is 6.03. The van der Waals surface area contributed by atoms with Gasteiger partial charge in [-0.25, -0.2) is 4.68 Å². The fourth-order valence-electron chi connectivity index (χ4n) is 3.03. The van der Waals surface area contributed by atoms with Gasteiger partial charge in [-0.05, 0) is 30.5 Å². The molecule has 0 saturated carbocycles. The minimum absolute atomic E-state index is 0.0352. The molecule has 0 fully saturated rings. The van der Waals surface area contributed by atoms with E-state index >= 15 is 0 Å². The monoisotopic (exact) mass is 336 g/mol. The van der Waals surface area contributed by atoms with Gasteiger partial charge < -0.3 is 10.6 Å². The van der Waals surface area contributed by atoms with Gasteiger partial charge in [0.1, 0.15) is 5.70 Å². The van der Waals surface area contributed by atoms with E-state index in [1.54, 1.807) is 23.4 Å². The van der Waals surface area contributed by atoms with Crippen LogP contribution in [0, 0.1) is 0 Å². The molecule has 0 radical (unpaired) electrons. The Morgan fingerprint density at radius 2 is 2.20 bits per heavy atom. The molecule has 0 bridgehead atoms. The lowest BCUT2D eigenvalue weighted by Gasteiger charge is -2.35. The summed E-state index contributed by atoms with van der Waals surface area (Å²) in [7, 11) is 0. The van der Waals surface area contributed by atoms with Crippen LogP contribution in [-0.4, -0.2) is 39.7 Å². The molecule has 2 heterocycles. The summed E-state index contributed by atoms with van der Waals surface area (Å²) in [4.78, 5) is 14.6. The van der Waals surface area contributed by atoms with Crippen molar-refractivity contribution in [2.75, 3.05) is 6.54 Å². The minimum Gasteiger partial charge on any atom is -0.394 e. The summed E-state index contributed by atoms with van der Waals surface area (Å²) in [6.45, 7) is 5.98. The van der Waals surface area contributed by atoms with Crippen LogP contribution in [-0.2, 0) is 11.2 Å². The maximum absolute atomic E-state index is 12.8. The van der Waals surface area contributed by atoms with Crippen molar-refractivity contribution >= 4 is 18.5 Å². The van der Waals surface area contributed by atoms with Gasteiger partial charge in [-0.15, -0.1) is 5.10 Å². The zero-order chi connectivity index (χ0) is 17.8. The van der Waals surface area contributed by atoms with Gasteiger partial charge >= 0.3 is 0 Å². The molecular formula is C18H20N6O. The van der Waals surface area contributed by atoms with Crippen LogP contribution in [0.3, 0.4) is 0 Å². The normalized spacial score (nSPS) is 18.0. The molecule has 1 aromatic heterocycles. The van der Waals surface area contributed by atoms with Gasteiger partial charge in [-0.3, -0.25) is 4.79 Å². The number of hydrogen-bond acceptors (Lipinski definition) is 5. The third-order valence-corrected chi connectivity index (χ3v) is 4.30. The lowest BCUT2D eigenvalue weighted by Crippen LogP contribution is -2.41. The van der Waals surface area contributed by atoms with Crippen LogP contribution < -0.4 is 5.73 Å². The minimum atomic E-state index is -0.231. The smallest absolute Gasteiger partial charge is 0.270 e. The van der Waals surface area contributed by atoms with Gasteiger partial charge in [0.25, 0.3) is 5.91 Å². The number of rotatable bonds is 3. The topological polar surface area (TPSA) is 88.9 Å². The SMILES string of the molecule is C=NN=C(C=C(N)C(=O)N1CCc2ccccc2[C@H]1C)n1cccn1. The lowest BCUT2D eigenvalue weighted by atomic mass is 9.93. The van der Waals surface area contributed by atoms with Crippen LogP contribution in [0.25, 0.3) is 0 Å². The average Bonchev–Trinajstić information content (AvgIpc) is 3.16. The highest BCUT2D eigenvalue weighted by atomic mass is 16.2. The second kappa shape index (κ2) is 7.12. The molecule has 0 aliphatic carbocycles. The first kappa shape index (κ1) is 16.6. The number of allylic oxidation sites excluding steroid dienone is 1. The molecule has 0 unspecified atom stereocenters. The Bertz CT molecular complexity index is 837. The van der Waals surface area contributed by atoms with E-state index < -0.39 is 0 Å². The van der Waals surface area contributed by atoms with Gasteiger partial charge in [-0.1, -0.05) is 24.3 Å². The molecule has 2 aromatic rings. The highest BCUT2D eigenvalue weighted by Gasteiger charge is 2.28. The van der Waals surface area contributed by atoms with E-state index in [1.807, 2.05) is 19.1 Å². The van der Waals surface area contributed by atoms with Gasteiger partial charge in [0.15, 0.2) is 5.84 Å². The molecule has 1 aliphatic heterocycles. The number of nitrogens with zero attached hydrogens (tertiary/aromatic N) is 5. The van der Waals surface area contributed by atoms with Crippen molar-refractivity contribution in [3.8, 4) is 0 Å². The zero-order valence-corrected chi connectivity index (χ0v) is 14.0. The Labute approximate surface area is 146 Å². The summed E-state index contributed by atoms with van der Waals surface area (Å²) in [5, 5.41) is 11.5. The fourth-order valence-corrected chi connectivity index (χ4v) is 3.03. The van der Waals surface area contributed by atoms with Crippen molar-refractivity contribution in [2.24, 2.45) is 15.9 Å². The molecule has 7 heteroatoms. The third kappa shape index (κ3) is 3.35. The average molecular weight is 336 g/mol. The summed E-state index contributed by atoms with van der Waals surface area (Å²) in [6.07, 6.45) is 5.58. The van der Waals surface area contributed by atoms with E-state index in [0.717, 1.165) is 12.0 Å². The Hall–Kier alpha value is -3.22. The number of fused-ring (bicyclic) bond motifs is 1. The van der Waals surface area contributed by atoms with Crippen molar-refractivity contribution < 1.29 is 4.79 Å². The van der Waals surface area contributed by atoms with Crippen molar-refractivity contribution in [3.63, 3.8) is 0 Å². The summed E-state index contributed by atoms with van der Waals surface area (Å²) in [6, 6.07) is 9.87. The molecule has 1 aliphatic rings. The van der Waals surface area contributed by atoms with E-state index in [-0.39, 0.29) is 17.6 Å². The molecule has 1 aromatic carbocycles. The van der Waals surface area contributed by atoms with Crippen LogP contribution >= 0.6 is 0 Å². The van der Waals surface area contributed by atoms with E-state index in [4.69, 9.17) is 5.73 Å². The predicted molar refractivity (Wildman–Crippen MR) is 97.2 cm³/mol. The summed E-state index contributed by atoms with van der Waals surface area (Å²) in [5.74, 6) is 0.0989. The molecule has 3 rings (SSSR count). The molecule has 7 nitrogen and oxygen atoms in total.